The number of hydrogen-bond donors (Lipinski definition) is 2. The van der Waals surface area contributed by atoms with Crippen molar-refractivity contribution in [3.05, 3.63) is 28.8 Å². The molecule has 4 nitrogen and oxygen atoms in total. The van der Waals surface area contributed by atoms with Crippen molar-refractivity contribution in [2.45, 2.75) is 6.92 Å². The number of imide groups is 1. The number of aromatic hydroxyl groups is 1. The molecule has 0 radical (unpaired) electrons. The van der Waals surface area contributed by atoms with E-state index in [0.717, 1.165) is 0 Å². The fourth-order valence-electron chi connectivity index (χ4n) is 1.42. The average molecular weight is 177 g/mol. The molecule has 0 aromatic heterocycles. The molecule has 0 saturated heterocycles. The van der Waals surface area contributed by atoms with Crippen molar-refractivity contribution >= 4 is 11.8 Å². The molecule has 1 aliphatic heterocycles. The van der Waals surface area contributed by atoms with Gasteiger partial charge in [-0.2, -0.15) is 0 Å². The molecule has 4 heteroatoms. The number of rotatable bonds is 0. The van der Waals surface area contributed by atoms with Gasteiger partial charge in [0.1, 0.15) is 5.75 Å². The Hall–Kier alpha value is -1.84. The maximum Gasteiger partial charge on any atom is 0.259 e. The summed E-state index contributed by atoms with van der Waals surface area (Å²) in [5.41, 5.74) is 1.06. The molecule has 0 spiro atoms. The Bertz CT molecular complexity index is 423. The Morgan fingerprint density at radius 3 is 2.62 bits per heavy atom. The van der Waals surface area contributed by atoms with Crippen LogP contribution in [0.5, 0.6) is 5.75 Å². The second-order valence-electron chi connectivity index (χ2n) is 2.92. The third-order valence-corrected chi connectivity index (χ3v) is 2.14. The summed E-state index contributed by atoms with van der Waals surface area (Å²) in [6.07, 6.45) is 0. The van der Waals surface area contributed by atoms with Gasteiger partial charge in [0.2, 0.25) is 0 Å². The zero-order valence-corrected chi connectivity index (χ0v) is 6.92. The second kappa shape index (κ2) is 2.32. The highest BCUT2D eigenvalue weighted by Gasteiger charge is 2.29. The number of amides is 2. The number of nitrogens with one attached hydrogen (secondary N) is 1. The maximum atomic E-state index is 11.2. The highest BCUT2D eigenvalue weighted by atomic mass is 16.3. The molecule has 13 heavy (non-hydrogen) atoms. The molecule has 2 N–H and O–H groups in total. The van der Waals surface area contributed by atoms with Gasteiger partial charge in [-0.05, 0) is 19.1 Å². The minimum Gasteiger partial charge on any atom is -0.508 e. The summed E-state index contributed by atoms with van der Waals surface area (Å²) in [6.45, 7) is 1.60. The zero-order valence-electron chi connectivity index (χ0n) is 6.92. The van der Waals surface area contributed by atoms with Crippen molar-refractivity contribution in [2.75, 3.05) is 0 Å². The summed E-state index contributed by atoms with van der Waals surface area (Å²) < 4.78 is 0. The topological polar surface area (TPSA) is 66.4 Å². The third-order valence-electron chi connectivity index (χ3n) is 2.14. The molecule has 0 fully saturated rings. The number of hydrogen-bond acceptors (Lipinski definition) is 3. The standard InChI is InChI=1S/C9H7NO3/c1-4-6(11)3-2-5-7(4)9(13)10-8(5)12/h2-3,11H,1H3,(H,10,12,13). The van der Waals surface area contributed by atoms with Crippen LogP contribution >= 0.6 is 0 Å². The van der Waals surface area contributed by atoms with E-state index in [0.29, 0.717) is 11.1 Å². The predicted molar refractivity (Wildman–Crippen MR) is 44.6 cm³/mol. The average Bonchev–Trinajstić information content (AvgIpc) is 2.35. The molecule has 1 aromatic carbocycles. The van der Waals surface area contributed by atoms with Crippen molar-refractivity contribution in [1.29, 1.82) is 0 Å². The van der Waals surface area contributed by atoms with E-state index in [9.17, 15) is 14.7 Å². The van der Waals surface area contributed by atoms with E-state index in [4.69, 9.17) is 0 Å². The summed E-state index contributed by atoms with van der Waals surface area (Å²) in [6, 6.07) is 2.85. The molecule has 66 valence electrons. The van der Waals surface area contributed by atoms with Gasteiger partial charge in [-0.15, -0.1) is 0 Å². The van der Waals surface area contributed by atoms with Gasteiger partial charge in [0.15, 0.2) is 0 Å². The van der Waals surface area contributed by atoms with Crippen LogP contribution in [0.2, 0.25) is 0 Å². The van der Waals surface area contributed by atoms with E-state index in [1.807, 2.05) is 0 Å². The highest BCUT2D eigenvalue weighted by Crippen LogP contribution is 2.26. The summed E-state index contributed by atoms with van der Waals surface area (Å²) >= 11 is 0. The van der Waals surface area contributed by atoms with Crippen LogP contribution in [0.1, 0.15) is 26.3 Å². The summed E-state index contributed by atoms with van der Waals surface area (Å²) in [4.78, 5) is 22.3. The summed E-state index contributed by atoms with van der Waals surface area (Å²) in [5.74, 6) is -0.805. The highest BCUT2D eigenvalue weighted by molar-refractivity contribution is 6.22. The molecule has 1 aromatic rings. The van der Waals surface area contributed by atoms with Crippen LogP contribution in [-0.2, 0) is 0 Å². The molecular formula is C9H7NO3. The zero-order chi connectivity index (χ0) is 9.59. The minimum atomic E-state index is -0.437. The van der Waals surface area contributed by atoms with E-state index >= 15 is 0 Å². The first-order valence-corrected chi connectivity index (χ1v) is 3.79. The van der Waals surface area contributed by atoms with Crippen LogP contribution in [0.25, 0.3) is 0 Å². The van der Waals surface area contributed by atoms with Crippen LogP contribution in [0.4, 0.5) is 0 Å². The van der Waals surface area contributed by atoms with Crippen molar-refractivity contribution < 1.29 is 14.7 Å². The van der Waals surface area contributed by atoms with Crippen LogP contribution in [0.15, 0.2) is 12.1 Å². The Morgan fingerprint density at radius 2 is 1.92 bits per heavy atom. The second-order valence-corrected chi connectivity index (χ2v) is 2.92. The van der Waals surface area contributed by atoms with E-state index in [2.05, 4.69) is 5.32 Å². The van der Waals surface area contributed by atoms with E-state index in [1.54, 1.807) is 6.92 Å². The fourth-order valence-corrected chi connectivity index (χ4v) is 1.42. The van der Waals surface area contributed by atoms with Crippen LogP contribution in [0.3, 0.4) is 0 Å². The Morgan fingerprint density at radius 1 is 1.23 bits per heavy atom. The van der Waals surface area contributed by atoms with Crippen LogP contribution in [0, 0.1) is 6.92 Å². The Kier molecular flexibility index (Phi) is 1.39. The largest absolute Gasteiger partial charge is 0.508 e. The smallest absolute Gasteiger partial charge is 0.259 e. The monoisotopic (exact) mass is 177 g/mol. The molecule has 0 saturated carbocycles. The lowest BCUT2D eigenvalue weighted by Gasteiger charge is -2.01. The normalized spacial score (nSPS) is 14.2. The Labute approximate surface area is 74.2 Å². The number of carbonyl (C=O) groups excluding carboxylic acids is 2. The van der Waals surface area contributed by atoms with Gasteiger partial charge in [-0.1, -0.05) is 0 Å². The lowest BCUT2D eigenvalue weighted by Crippen LogP contribution is -2.20. The van der Waals surface area contributed by atoms with Crippen molar-refractivity contribution in [1.82, 2.24) is 5.32 Å². The van der Waals surface area contributed by atoms with E-state index in [1.165, 1.54) is 12.1 Å². The molecule has 2 amide bonds. The van der Waals surface area contributed by atoms with Crippen molar-refractivity contribution in [3.63, 3.8) is 0 Å². The Balaban J connectivity index is 2.78. The quantitative estimate of drug-likeness (QED) is 0.570. The van der Waals surface area contributed by atoms with Gasteiger partial charge in [0, 0.05) is 5.56 Å². The van der Waals surface area contributed by atoms with Gasteiger partial charge in [0.25, 0.3) is 11.8 Å². The number of benzene rings is 1. The fraction of sp³-hybridized carbons (Fsp3) is 0.111. The minimum absolute atomic E-state index is 0.0311. The van der Waals surface area contributed by atoms with Gasteiger partial charge in [-0.3, -0.25) is 14.9 Å². The third kappa shape index (κ3) is 0.917. The van der Waals surface area contributed by atoms with Crippen molar-refractivity contribution in [2.24, 2.45) is 0 Å². The van der Waals surface area contributed by atoms with Gasteiger partial charge < -0.3 is 5.11 Å². The molecule has 0 bridgehead atoms. The summed E-state index contributed by atoms with van der Waals surface area (Å²) in [5, 5.41) is 11.5. The predicted octanol–water partition coefficient (Wildman–Crippen LogP) is 0.584. The first kappa shape index (κ1) is 7.79. The van der Waals surface area contributed by atoms with Gasteiger partial charge in [-0.25, -0.2) is 0 Å². The van der Waals surface area contributed by atoms with Gasteiger partial charge >= 0.3 is 0 Å². The number of phenolic OH excluding ortho intramolecular Hbond substituents is 1. The van der Waals surface area contributed by atoms with Crippen molar-refractivity contribution in [3.8, 4) is 5.75 Å². The number of fused-ring (bicyclic) bond motifs is 1. The lowest BCUT2D eigenvalue weighted by molar-refractivity contribution is 0.0879. The van der Waals surface area contributed by atoms with Crippen LogP contribution in [-0.4, -0.2) is 16.9 Å². The first-order valence-electron chi connectivity index (χ1n) is 3.79. The van der Waals surface area contributed by atoms with Gasteiger partial charge in [0.05, 0.1) is 11.1 Å². The molecule has 2 rings (SSSR count). The number of carbonyl (C=O) groups is 2. The molecule has 1 heterocycles. The van der Waals surface area contributed by atoms with Crippen LogP contribution < -0.4 is 5.32 Å². The number of phenols is 1. The molecule has 0 atom stereocenters. The van der Waals surface area contributed by atoms with E-state index < -0.39 is 11.8 Å². The molecule has 1 aliphatic rings. The SMILES string of the molecule is Cc1c(O)ccc2c1C(=O)NC2=O. The molecule has 0 aliphatic carbocycles. The molecular weight excluding hydrogens is 170 g/mol. The summed E-state index contributed by atoms with van der Waals surface area (Å²) in [7, 11) is 0. The molecule has 0 unspecified atom stereocenters. The van der Waals surface area contributed by atoms with E-state index in [-0.39, 0.29) is 11.3 Å². The first-order chi connectivity index (χ1) is 6.11. The lowest BCUT2D eigenvalue weighted by atomic mass is 10.0. The maximum absolute atomic E-state index is 11.2.